The standard InChI is InChI=1S/C48H43BN2O/c1-47(2,3)32-24-27-36(28-25-32)51-40-29-26-33(48(4,5)6)30-39(40)49-45-38-21-14-13-20-37(38)42(31-44(45)52-43-23-15-22-41(51)46(43)49)50(34-16-9-7-10-17-34)35-18-11-8-12-19-35/h7-31H,1-6H3. The summed E-state index contributed by atoms with van der Waals surface area (Å²) in [6, 6.07) is 55.3. The van der Waals surface area contributed by atoms with E-state index < -0.39 is 0 Å². The van der Waals surface area contributed by atoms with Crippen molar-refractivity contribution in [1.82, 2.24) is 0 Å². The molecule has 0 aromatic heterocycles. The highest BCUT2D eigenvalue weighted by Crippen LogP contribution is 2.46. The van der Waals surface area contributed by atoms with Crippen LogP contribution in [0.25, 0.3) is 10.8 Å². The van der Waals surface area contributed by atoms with Crippen LogP contribution in [-0.4, -0.2) is 6.71 Å². The molecule has 254 valence electrons. The van der Waals surface area contributed by atoms with Crippen molar-refractivity contribution < 1.29 is 4.74 Å². The van der Waals surface area contributed by atoms with Gasteiger partial charge in [0, 0.05) is 39.9 Å². The van der Waals surface area contributed by atoms with E-state index >= 15 is 0 Å². The number of anilines is 6. The van der Waals surface area contributed by atoms with Crippen LogP contribution in [0.3, 0.4) is 0 Å². The van der Waals surface area contributed by atoms with Crippen LogP contribution >= 0.6 is 0 Å². The van der Waals surface area contributed by atoms with Crippen LogP contribution < -0.4 is 30.9 Å². The molecule has 9 rings (SSSR count). The average Bonchev–Trinajstić information content (AvgIpc) is 3.15. The van der Waals surface area contributed by atoms with Gasteiger partial charge < -0.3 is 14.5 Å². The first-order valence-electron chi connectivity index (χ1n) is 18.4. The number of para-hydroxylation sites is 2. The summed E-state index contributed by atoms with van der Waals surface area (Å²) in [6.07, 6.45) is 0. The highest BCUT2D eigenvalue weighted by Gasteiger charge is 2.43. The fourth-order valence-corrected chi connectivity index (χ4v) is 8.16. The Morgan fingerprint density at radius 2 is 1.10 bits per heavy atom. The smallest absolute Gasteiger partial charge is 0.257 e. The van der Waals surface area contributed by atoms with Crippen molar-refractivity contribution in [3.63, 3.8) is 0 Å². The quantitative estimate of drug-likeness (QED) is 0.173. The molecule has 0 radical (unpaired) electrons. The van der Waals surface area contributed by atoms with Crippen molar-refractivity contribution in [1.29, 1.82) is 0 Å². The molecule has 2 aliphatic rings. The molecule has 0 N–H and O–H groups in total. The molecule has 3 nitrogen and oxygen atoms in total. The van der Waals surface area contributed by atoms with Crippen LogP contribution in [0.1, 0.15) is 52.7 Å². The van der Waals surface area contributed by atoms with Gasteiger partial charge in [0.25, 0.3) is 6.71 Å². The summed E-state index contributed by atoms with van der Waals surface area (Å²) in [5.41, 5.74) is 13.3. The Kier molecular flexibility index (Phi) is 7.38. The highest BCUT2D eigenvalue weighted by atomic mass is 16.5. The lowest BCUT2D eigenvalue weighted by Crippen LogP contribution is -2.60. The lowest BCUT2D eigenvalue weighted by Gasteiger charge is -2.41. The Morgan fingerprint density at radius 3 is 1.73 bits per heavy atom. The zero-order valence-corrected chi connectivity index (χ0v) is 30.8. The first-order chi connectivity index (χ1) is 25.1. The minimum Gasteiger partial charge on any atom is -0.458 e. The summed E-state index contributed by atoms with van der Waals surface area (Å²) in [5.74, 6) is 1.81. The molecule has 0 spiro atoms. The SMILES string of the molecule is CC(C)(C)c1ccc(N2c3ccc(C(C)(C)C)cc3B3c4c(cccc42)Oc2cc(N(c4ccccc4)c4ccccc4)c4ccccc4c23)cc1. The molecule has 2 heterocycles. The van der Waals surface area contributed by atoms with Gasteiger partial charge in [0.1, 0.15) is 11.5 Å². The third-order valence-corrected chi connectivity index (χ3v) is 10.8. The van der Waals surface area contributed by atoms with E-state index in [1.165, 1.54) is 44.0 Å². The number of hydrogen-bond donors (Lipinski definition) is 0. The molecule has 7 aromatic rings. The minimum atomic E-state index is -0.0156. The molecule has 52 heavy (non-hydrogen) atoms. The van der Waals surface area contributed by atoms with Crippen molar-refractivity contribution in [3.8, 4) is 11.5 Å². The molecule has 0 bridgehead atoms. The molecular formula is C48H43BN2O. The van der Waals surface area contributed by atoms with Gasteiger partial charge in [-0.1, -0.05) is 133 Å². The number of rotatable bonds is 4. The van der Waals surface area contributed by atoms with E-state index in [-0.39, 0.29) is 17.5 Å². The van der Waals surface area contributed by atoms with E-state index in [1.807, 2.05) is 0 Å². The van der Waals surface area contributed by atoms with Crippen molar-refractivity contribution in [2.24, 2.45) is 0 Å². The second kappa shape index (κ2) is 11.9. The second-order valence-corrected chi connectivity index (χ2v) is 16.2. The summed E-state index contributed by atoms with van der Waals surface area (Å²) in [6.45, 7) is 13.7. The number of hydrogen-bond acceptors (Lipinski definition) is 3. The van der Waals surface area contributed by atoms with Gasteiger partial charge in [0.05, 0.1) is 5.69 Å². The highest BCUT2D eigenvalue weighted by molar-refractivity contribution is 7.00. The van der Waals surface area contributed by atoms with Crippen molar-refractivity contribution in [2.45, 2.75) is 52.4 Å². The van der Waals surface area contributed by atoms with Crippen molar-refractivity contribution >= 4 is 68.0 Å². The number of nitrogens with zero attached hydrogens (tertiary/aromatic N) is 2. The molecule has 0 amide bonds. The van der Waals surface area contributed by atoms with Gasteiger partial charge in [-0.05, 0) is 98.3 Å². The van der Waals surface area contributed by atoms with E-state index in [2.05, 4.69) is 203 Å². The zero-order valence-electron chi connectivity index (χ0n) is 30.8. The van der Waals surface area contributed by atoms with E-state index in [0.717, 1.165) is 39.9 Å². The molecular weight excluding hydrogens is 631 g/mol. The van der Waals surface area contributed by atoms with Gasteiger partial charge in [0.2, 0.25) is 0 Å². The van der Waals surface area contributed by atoms with E-state index in [9.17, 15) is 0 Å². The molecule has 7 aromatic carbocycles. The Balaban J connectivity index is 1.32. The van der Waals surface area contributed by atoms with Gasteiger partial charge in [-0.15, -0.1) is 0 Å². The Morgan fingerprint density at radius 1 is 0.500 bits per heavy atom. The molecule has 4 heteroatoms. The van der Waals surface area contributed by atoms with Gasteiger partial charge >= 0.3 is 0 Å². The average molecular weight is 675 g/mol. The number of benzene rings is 7. The summed E-state index contributed by atoms with van der Waals surface area (Å²) >= 11 is 0. The molecule has 0 fully saturated rings. The third kappa shape index (κ3) is 5.20. The van der Waals surface area contributed by atoms with Crippen LogP contribution in [0.2, 0.25) is 0 Å². The van der Waals surface area contributed by atoms with Crippen LogP contribution in [0.4, 0.5) is 34.1 Å². The molecule has 0 atom stereocenters. The lowest BCUT2D eigenvalue weighted by molar-refractivity contribution is 0.488. The van der Waals surface area contributed by atoms with Crippen LogP contribution in [0, 0.1) is 0 Å². The van der Waals surface area contributed by atoms with Crippen molar-refractivity contribution in [2.75, 3.05) is 9.80 Å². The lowest BCUT2D eigenvalue weighted by atomic mass is 9.33. The maximum absolute atomic E-state index is 7.10. The summed E-state index contributed by atoms with van der Waals surface area (Å²) < 4.78 is 7.10. The van der Waals surface area contributed by atoms with Gasteiger partial charge in [-0.3, -0.25) is 0 Å². The van der Waals surface area contributed by atoms with Gasteiger partial charge in [-0.2, -0.15) is 0 Å². The fourth-order valence-electron chi connectivity index (χ4n) is 8.16. The van der Waals surface area contributed by atoms with Gasteiger partial charge in [0.15, 0.2) is 0 Å². The fraction of sp³-hybridized carbons (Fsp3) is 0.167. The Labute approximate surface area is 308 Å². The van der Waals surface area contributed by atoms with E-state index in [4.69, 9.17) is 4.74 Å². The summed E-state index contributed by atoms with van der Waals surface area (Å²) in [5, 5.41) is 2.39. The first kappa shape index (κ1) is 32.2. The molecule has 0 saturated carbocycles. The first-order valence-corrected chi connectivity index (χ1v) is 18.4. The molecule has 2 aliphatic heterocycles. The largest absolute Gasteiger partial charge is 0.458 e. The third-order valence-electron chi connectivity index (χ3n) is 10.8. The topological polar surface area (TPSA) is 15.7 Å². The number of ether oxygens (including phenoxy) is 1. The van der Waals surface area contributed by atoms with Gasteiger partial charge in [-0.25, -0.2) is 0 Å². The van der Waals surface area contributed by atoms with Crippen LogP contribution in [0.15, 0.2) is 152 Å². The minimum absolute atomic E-state index is 0.0141. The number of fused-ring (bicyclic) bond motifs is 6. The Hall–Kier alpha value is -5.74. The Bertz CT molecular complexity index is 2420. The van der Waals surface area contributed by atoms with E-state index in [1.54, 1.807) is 0 Å². The molecule has 0 saturated heterocycles. The predicted octanol–water partition coefficient (Wildman–Crippen LogP) is 11.3. The maximum atomic E-state index is 7.10. The predicted molar refractivity (Wildman–Crippen MR) is 222 cm³/mol. The molecule has 0 aliphatic carbocycles. The normalized spacial score (nSPS) is 13.3. The van der Waals surface area contributed by atoms with Crippen LogP contribution in [0.5, 0.6) is 11.5 Å². The van der Waals surface area contributed by atoms with Crippen LogP contribution in [-0.2, 0) is 10.8 Å². The summed E-state index contributed by atoms with van der Waals surface area (Å²) in [4.78, 5) is 4.80. The summed E-state index contributed by atoms with van der Waals surface area (Å²) in [7, 11) is 0. The van der Waals surface area contributed by atoms with E-state index in [0.29, 0.717) is 0 Å². The van der Waals surface area contributed by atoms with Crippen molar-refractivity contribution in [3.05, 3.63) is 163 Å². The maximum Gasteiger partial charge on any atom is 0.257 e. The molecule has 0 unspecified atom stereocenters. The second-order valence-electron chi connectivity index (χ2n) is 16.2. The monoisotopic (exact) mass is 674 g/mol. The zero-order chi connectivity index (χ0) is 35.8.